The van der Waals surface area contributed by atoms with E-state index >= 15 is 0 Å². The number of nitro benzene ring substituents is 1. The van der Waals surface area contributed by atoms with Gasteiger partial charge in [0.1, 0.15) is 12.4 Å². The minimum absolute atomic E-state index is 0.0698. The van der Waals surface area contributed by atoms with Crippen LogP contribution in [0.5, 0.6) is 5.75 Å². The molecule has 2 rings (SSSR count). The van der Waals surface area contributed by atoms with Crippen LogP contribution in [0.15, 0.2) is 42.5 Å². The normalized spacial score (nSPS) is 10.4. The van der Waals surface area contributed by atoms with Gasteiger partial charge in [-0.05, 0) is 30.7 Å². The molecule has 0 aliphatic carbocycles. The summed E-state index contributed by atoms with van der Waals surface area (Å²) in [4.78, 5) is 9.93. The number of nitro groups is 1. The van der Waals surface area contributed by atoms with Crippen LogP contribution < -0.4 is 10.5 Å². The van der Waals surface area contributed by atoms with Crippen LogP contribution in [0.2, 0.25) is 0 Å². The van der Waals surface area contributed by atoms with Gasteiger partial charge in [-0.1, -0.05) is 24.3 Å². The SMILES string of the molecule is NCCc1cccc(OCc2cccc([N+](=O)[O-])c2F)c1. The van der Waals surface area contributed by atoms with Crippen molar-refractivity contribution in [1.29, 1.82) is 0 Å². The van der Waals surface area contributed by atoms with Gasteiger partial charge < -0.3 is 10.5 Å². The first-order chi connectivity index (χ1) is 10.1. The molecule has 0 bridgehead atoms. The smallest absolute Gasteiger partial charge is 0.305 e. The lowest BCUT2D eigenvalue weighted by Gasteiger charge is -2.08. The molecule has 0 unspecified atom stereocenters. The second kappa shape index (κ2) is 6.81. The van der Waals surface area contributed by atoms with Gasteiger partial charge in [0.15, 0.2) is 0 Å². The minimum Gasteiger partial charge on any atom is -0.489 e. The molecule has 0 radical (unpaired) electrons. The zero-order valence-electron chi connectivity index (χ0n) is 11.3. The van der Waals surface area contributed by atoms with E-state index in [1.165, 1.54) is 12.1 Å². The number of halogens is 1. The maximum Gasteiger partial charge on any atom is 0.305 e. The lowest BCUT2D eigenvalue weighted by Crippen LogP contribution is -2.04. The second-order valence-corrected chi connectivity index (χ2v) is 4.48. The van der Waals surface area contributed by atoms with E-state index in [-0.39, 0.29) is 12.2 Å². The molecular weight excluding hydrogens is 275 g/mol. The van der Waals surface area contributed by atoms with Crippen molar-refractivity contribution in [3.63, 3.8) is 0 Å². The first-order valence-electron chi connectivity index (χ1n) is 6.45. The Morgan fingerprint density at radius 2 is 2.00 bits per heavy atom. The van der Waals surface area contributed by atoms with Crippen molar-refractivity contribution < 1.29 is 14.1 Å². The lowest BCUT2D eigenvalue weighted by atomic mass is 10.1. The Morgan fingerprint density at radius 1 is 1.24 bits per heavy atom. The molecular formula is C15H15FN2O3. The Kier molecular flexibility index (Phi) is 4.84. The number of nitrogens with two attached hydrogens (primary N) is 1. The Bertz CT molecular complexity index is 647. The lowest BCUT2D eigenvalue weighted by molar-refractivity contribution is -0.387. The number of nitrogens with zero attached hydrogens (tertiary/aromatic N) is 1. The van der Waals surface area contributed by atoms with Gasteiger partial charge in [-0.3, -0.25) is 10.1 Å². The van der Waals surface area contributed by atoms with Crippen molar-refractivity contribution in [3.05, 3.63) is 69.5 Å². The van der Waals surface area contributed by atoms with Crippen molar-refractivity contribution in [3.8, 4) is 5.75 Å². The Hall–Kier alpha value is -2.47. The topological polar surface area (TPSA) is 78.4 Å². The van der Waals surface area contributed by atoms with Crippen molar-refractivity contribution in [2.24, 2.45) is 5.73 Å². The fraction of sp³-hybridized carbons (Fsp3) is 0.200. The predicted molar refractivity (Wildman–Crippen MR) is 76.6 cm³/mol. The zero-order chi connectivity index (χ0) is 15.2. The molecule has 6 heteroatoms. The molecule has 2 aromatic carbocycles. The molecule has 21 heavy (non-hydrogen) atoms. The monoisotopic (exact) mass is 290 g/mol. The molecule has 0 saturated carbocycles. The van der Waals surface area contributed by atoms with E-state index < -0.39 is 16.4 Å². The highest BCUT2D eigenvalue weighted by Crippen LogP contribution is 2.22. The summed E-state index contributed by atoms with van der Waals surface area (Å²) < 4.78 is 19.4. The summed E-state index contributed by atoms with van der Waals surface area (Å²) in [6.45, 7) is 0.461. The third-order valence-corrected chi connectivity index (χ3v) is 2.98. The highest BCUT2D eigenvalue weighted by Gasteiger charge is 2.17. The van der Waals surface area contributed by atoms with Gasteiger partial charge in [0.05, 0.1) is 4.92 Å². The zero-order valence-corrected chi connectivity index (χ0v) is 11.3. The Balaban J connectivity index is 2.11. The fourth-order valence-electron chi connectivity index (χ4n) is 1.94. The van der Waals surface area contributed by atoms with Crippen LogP contribution in [0.1, 0.15) is 11.1 Å². The number of hydrogen-bond acceptors (Lipinski definition) is 4. The van der Waals surface area contributed by atoms with E-state index in [0.717, 1.165) is 18.1 Å². The molecule has 2 N–H and O–H groups in total. The van der Waals surface area contributed by atoms with Crippen molar-refractivity contribution in [2.75, 3.05) is 6.54 Å². The average Bonchev–Trinajstić information content (AvgIpc) is 2.46. The van der Waals surface area contributed by atoms with Crippen molar-refractivity contribution >= 4 is 5.69 Å². The molecule has 2 aromatic rings. The molecule has 0 amide bonds. The van der Waals surface area contributed by atoms with Gasteiger partial charge in [0.2, 0.25) is 5.82 Å². The van der Waals surface area contributed by atoms with Crippen molar-refractivity contribution in [1.82, 2.24) is 0 Å². The molecule has 0 saturated heterocycles. The van der Waals surface area contributed by atoms with Gasteiger partial charge in [0.25, 0.3) is 0 Å². The van der Waals surface area contributed by atoms with E-state index in [2.05, 4.69) is 0 Å². The third kappa shape index (κ3) is 3.76. The van der Waals surface area contributed by atoms with E-state index in [4.69, 9.17) is 10.5 Å². The summed E-state index contributed by atoms with van der Waals surface area (Å²) in [7, 11) is 0. The van der Waals surface area contributed by atoms with Gasteiger partial charge in [-0.15, -0.1) is 0 Å². The van der Waals surface area contributed by atoms with Crippen LogP contribution in [0.4, 0.5) is 10.1 Å². The van der Waals surface area contributed by atoms with E-state index in [0.29, 0.717) is 12.3 Å². The number of benzene rings is 2. The second-order valence-electron chi connectivity index (χ2n) is 4.48. The maximum atomic E-state index is 13.9. The van der Waals surface area contributed by atoms with Crippen LogP contribution in [-0.4, -0.2) is 11.5 Å². The van der Waals surface area contributed by atoms with Crippen LogP contribution in [0, 0.1) is 15.9 Å². The van der Waals surface area contributed by atoms with Gasteiger partial charge in [-0.25, -0.2) is 0 Å². The van der Waals surface area contributed by atoms with E-state index in [1.54, 1.807) is 6.07 Å². The summed E-state index contributed by atoms with van der Waals surface area (Å²) >= 11 is 0. The molecule has 0 aromatic heterocycles. The average molecular weight is 290 g/mol. The summed E-state index contributed by atoms with van der Waals surface area (Å²) in [5, 5.41) is 10.7. The summed E-state index contributed by atoms with van der Waals surface area (Å²) in [6.07, 6.45) is 0.725. The number of ether oxygens (including phenoxy) is 1. The van der Waals surface area contributed by atoms with Crippen LogP contribution >= 0.6 is 0 Å². The Labute approximate surface area is 121 Å². The molecule has 5 nitrogen and oxygen atoms in total. The van der Waals surface area contributed by atoms with Crippen LogP contribution in [-0.2, 0) is 13.0 Å². The molecule has 0 fully saturated rings. The molecule has 0 heterocycles. The molecule has 0 aliphatic rings. The van der Waals surface area contributed by atoms with Crippen LogP contribution in [0.3, 0.4) is 0 Å². The third-order valence-electron chi connectivity index (χ3n) is 2.98. The van der Waals surface area contributed by atoms with E-state index in [9.17, 15) is 14.5 Å². The number of rotatable bonds is 6. The molecule has 110 valence electrons. The minimum atomic E-state index is -0.861. The first kappa shape index (κ1) is 14.9. The summed E-state index contributed by atoms with van der Waals surface area (Å²) in [6, 6.07) is 11.3. The first-order valence-corrected chi connectivity index (χ1v) is 6.45. The van der Waals surface area contributed by atoms with Gasteiger partial charge in [-0.2, -0.15) is 4.39 Å². The largest absolute Gasteiger partial charge is 0.489 e. The molecule has 0 aliphatic heterocycles. The van der Waals surface area contributed by atoms with Crippen LogP contribution in [0.25, 0.3) is 0 Å². The molecule has 0 atom stereocenters. The Morgan fingerprint density at radius 3 is 2.71 bits per heavy atom. The highest BCUT2D eigenvalue weighted by molar-refractivity contribution is 5.37. The predicted octanol–water partition coefficient (Wildman–Crippen LogP) is 2.81. The highest BCUT2D eigenvalue weighted by atomic mass is 19.1. The fourth-order valence-corrected chi connectivity index (χ4v) is 1.94. The summed E-state index contributed by atoms with van der Waals surface area (Å²) in [5.41, 5.74) is 6.11. The standard InChI is InChI=1S/C15H15FN2O3/c16-15-12(4-2-6-14(15)18(19)20)10-21-13-5-1-3-11(9-13)7-8-17/h1-6,9H,7-8,10,17H2. The van der Waals surface area contributed by atoms with E-state index in [1.807, 2.05) is 18.2 Å². The van der Waals surface area contributed by atoms with Gasteiger partial charge >= 0.3 is 5.69 Å². The van der Waals surface area contributed by atoms with Gasteiger partial charge in [0, 0.05) is 11.6 Å². The van der Waals surface area contributed by atoms with Crippen molar-refractivity contribution in [2.45, 2.75) is 13.0 Å². The molecule has 0 spiro atoms. The maximum absolute atomic E-state index is 13.9. The quantitative estimate of drug-likeness (QED) is 0.655. The summed E-state index contributed by atoms with van der Waals surface area (Å²) in [5.74, 6) is -0.285. The number of hydrogen-bond donors (Lipinski definition) is 1.